The van der Waals surface area contributed by atoms with E-state index in [1.54, 1.807) is 14.0 Å². The van der Waals surface area contributed by atoms with E-state index in [1.165, 1.54) is 17.5 Å². The van der Waals surface area contributed by atoms with Gasteiger partial charge in [0.05, 0.1) is 13.2 Å². The lowest BCUT2D eigenvalue weighted by Crippen LogP contribution is -2.40. The Hall–Kier alpha value is -1.96. The van der Waals surface area contributed by atoms with Crippen LogP contribution in [0, 0.1) is 0 Å². The standard InChI is InChI=1S/C18H28N4O4/c1-3-26-17(24)15(23)12-21-10-8-13(9-11-21)16-19-20(2)18(25)22(16)14-6-4-5-7-14/h13-14H,3-12H2,1-2H3. The first kappa shape index (κ1) is 18.8. The third-order valence-electron chi connectivity index (χ3n) is 5.50. The van der Waals surface area contributed by atoms with Gasteiger partial charge in [0.25, 0.3) is 5.78 Å². The van der Waals surface area contributed by atoms with Crippen LogP contribution in [0.25, 0.3) is 0 Å². The monoisotopic (exact) mass is 364 g/mol. The van der Waals surface area contributed by atoms with Crippen LogP contribution in [-0.4, -0.2) is 57.2 Å². The molecule has 1 aliphatic carbocycles. The van der Waals surface area contributed by atoms with E-state index in [9.17, 15) is 14.4 Å². The largest absolute Gasteiger partial charge is 0.460 e. The average Bonchev–Trinajstić information content (AvgIpc) is 3.24. The summed E-state index contributed by atoms with van der Waals surface area (Å²) in [7, 11) is 1.71. The zero-order valence-corrected chi connectivity index (χ0v) is 15.6. The van der Waals surface area contributed by atoms with Crippen LogP contribution in [0.2, 0.25) is 0 Å². The number of carbonyl (C=O) groups excluding carboxylic acids is 2. The van der Waals surface area contributed by atoms with Crippen molar-refractivity contribution in [3.63, 3.8) is 0 Å². The molecule has 8 nitrogen and oxygen atoms in total. The van der Waals surface area contributed by atoms with Gasteiger partial charge >= 0.3 is 11.7 Å². The van der Waals surface area contributed by atoms with Crippen LogP contribution in [0.4, 0.5) is 0 Å². The maximum atomic E-state index is 12.5. The molecule has 1 saturated carbocycles. The van der Waals surface area contributed by atoms with Gasteiger partial charge in [0.1, 0.15) is 5.82 Å². The Morgan fingerprint density at radius 2 is 1.81 bits per heavy atom. The van der Waals surface area contributed by atoms with Crippen LogP contribution in [0.15, 0.2) is 4.79 Å². The maximum Gasteiger partial charge on any atom is 0.375 e. The van der Waals surface area contributed by atoms with Crippen LogP contribution < -0.4 is 5.69 Å². The summed E-state index contributed by atoms with van der Waals surface area (Å²) >= 11 is 0. The van der Waals surface area contributed by atoms with Crippen molar-refractivity contribution < 1.29 is 14.3 Å². The number of esters is 1. The molecule has 0 aromatic carbocycles. The zero-order chi connectivity index (χ0) is 18.7. The number of hydrogen-bond acceptors (Lipinski definition) is 6. The van der Waals surface area contributed by atoms with E-state index in [0.29, 0.717) is 13.1 Å². The smallest absolute Gasteiger partial charge is 0.375 e. The summed E-state index contributed by atoms with van der Waals surface area (Å²) < 4.78 is 8.12. The third-order valence-corrected chi connectivity index (χ3v) is 5.50. The van der Waals surface area contributed by atoms with Gasteiger partial charge in [-0.05, 0) is 45.7 Å². The normalized spacial score (nSPS) is 19.8. The van der Waals surface area contributed by atoms with Crippen LogP contribution >= 0.6 is 0 Å². The number of likely N-dealkylation sites (tertiary alicyclic amines) is 1. The number of piperidine rings is 1. The van der Waals surface area contributed by atoms with Crippen molar-refractivity contribution in [2.24, 2.45) is 7.05 Å². The summed E-state index contributed by atoms with van der Waals surface area (Å²) in [6.45, 7) is 3.43. The minimum Gasteiger partial charge on any atom is -0.460 e. The molecule has 2 fully saturated rings. The van der Waals surface area contributed by atoms with Crippen molar-refractivity contribution in [2.45, 2.75) is 57.4 Å². The maximum absolute atomic E-state index is 12.5. The second-order valence-electron chi connectivity index (χ2n) is 7.27. The second kappa shape index (κ2) is 8.16. The van der Waals surface area contributed by atoms with Crippen molar-refractivity contribution in [1.82, 2.24) is 19.2 Å². The number of aromatic nitrogens is 3. The summed E-state index contributed by atoms with van der Waals surface area (Å²) in [5.41, 5.74) is -0.0215. The summed E-state index contributed by atoms with van der Waals surface area (Å²) in [5, 5.41) is 4.52. The first-order valence-corrected chi connectivity index (χ1v) is 9.59. The Balaban J connectivity index is 1.63. The molecule has 1 aliphatic heterocycles. The Labute approximate surface area is 153 Å². The molecule has 0 radical (unpaired) electrons. The molecule has 1 aromatic heterocycles. The Morgan fingerprint density at radius 1 is 1.15 bits per heavy atom. The number of rotatable bonds is 6. The first-order valence-electron chi connectivity index (χ1n) is 9.59. The fourth-order valence-corrected chi connectivity index (χ4v) is 4.11. The predicted molar refractivity (Wildman–Crippen MR) is 95.0 cm³/mol. The van der Waals surface area contributed by atoms with Crippen LogP contribution in [0.1, 0.15) is 63.2 Å². The van der Waals surface area contributed by atoms with Gasteiger partial charge in [0.2, 0.25) is 0 Å². The molecule has 1 aromatic rings. The van der Waals surface area contributed by atoms with Crippen molar-refractivity contribution in [2.75, 3.05) is 26.2 Å². The van der Waals surface area contributed by atoms with Gasteiger partial charge in [0.15, 0.2) is 0 Å². The quantitative estimate of drug-likeness (QED) is 0.553. The number of aryl methyl sites for hydroxylation is 1. The van der Waals surface area contributed by atoms with Gasteiger partial charge in [-0.15, -0.1) is 0 Å². The molecule has 1 saturated heterocycles. The van der Waals surface area contributed by atoms with Crippen LogP contribution in [-0.2, 0) is 21.4 Å². The minimum absolute atomic E-state index is 0.0215. The van der Waals surface area contributed by atoms with E-state index in [1.807, 2.05) is 9.47 Å². The molecular weight excluding hydrogens is 336 g/mol. The highest BCUT2D eigenvalue weighted by Gasteiger charge is 2.31. The fourth-order valence-electron chi connectivity index (χ4n) is 4.11. The van der Waals surface area contributed by atoms with E-state index < -0.39 is 11.8 Å². The van der Waals surface area contributed by atoms with Crippen LogP contribution in [0.5, 0.6) is 0 Å². The minimum atomic E-state index is -0.755. The summed E-state index contributed by atoms with van der Waals surface area (Å²) in [6.07, 6.45) is 6.09. The lowest BCUT2D eigenvalue weighted by atomic mass is 9.95. The highest BCUT2D eigenvalue weighted by atomic mass is 16.5. The number of ether oxygens (including phenoxy) is 1. The van der Waals surface area contributed by atoms with Gasteiger partial charge in [-0.1, -0.05) is 12.8 Å². The molecule has 8 heteroatoms. The van der Waals surface area contributed by atoms with Crippen molar-refractivity contribution in [3.8, 4) is 0 Å². The number of ketones is 1. The number of hydrogen-bond donors (Lipinski definition) is 0. The van der Waals surface area contributed by atoms with Gasteiger partial charge in [-0.25, -0.2) is 14.3 Å². The Kier molecular flexibility index (Phi) is 5.90. The van der Waals surface area contributed by atoms with Crippen molar-refractivity contribution >= 4 is 11.8 Å². The Bertz CT molecular complexity index is 709. The molecule has 0 bridgehead atoms. The van der Waals surface area contributed by atoms with E-state index >= 15 is 0 Å². The van der Waals surface area contributed by atoms with Crippen molar-refractivity contribution in [1.29, 1.82) is 0 Å². The van der Waals surface area contributed by atoms with Gasteiger partial charge < -0.3 is 4.74 Å². The SMILES string of the molecule is CCOC(=O)C(=O)CN1CCC(c2nn(C)c(=O)n2C2CCCC2)CC1. The van der Waals surface area contributed by atoms with Gasteiger partial charge in [0, 0.05) is 19.0 Å². The van der Waals surface area contributed by atoms with E-state index in [0.717, 1.165) is 31.5 Å². The summed E-state index contributed by atoms with van der Waals surface area (Å²) in [5.74, 6) is -0.139. The first-order chi connectivity index (χ1) is 12.5. The molecule has 26 heavy (non-hydrogen) atoms. The second-order valence-corrected chi connectivity index (χ2v) is 7.27. The highest BCUT2D eigenvalue weighted by Crippen LogP contribution is 2.33. The molecular formula is C18H28N4O4. The molecule has 144 valence electrons. The molecule has 2 aliphatic rings. The number of carbonyl (C=O) groups is 2. The molecule has 0 unspecified atom stereocenters. The average molecular weight is 364 g/mol. The highest BCUT2D eigenvalue weighted by molar-refractivity contribution is 6.34. The molecule has 0 amide bonds. The number of nitrogens with zero attached hydrogens (tertiary/aromatic N) is 4. The number of Topliss-reactive ketones (excluding diaryl/α,β-unsaturated/α-hetero) is 1. The molecule has 3 rings (SSSR count). The van der Waals surface area contributed by atoms with Gasteiger partial charge in [-0.3, -0.25) is 14.3 Å². The van der Waals surface area contributed by atoms with E-state index in [-0.39, 0.29) is 30.8 Å². The summed E-state index contributed by atoms with van der Waals surface area (Å²) in [6, 6.07) is 0.273. The Morgan fingerprint density at radius 3 is 2.42 bits per heavy atom. The zero-order valence-electron chi connectivity index (χ0n) is 15.6. The lowest BCUT2D eigenvalue weighted by molar-refractivity contribution is -0.154. The molecule has 0 spiro atoms. The fraction of sp³-hybridized carbons (Fsp3) is 0.778. The summed E-state index contributed by atoms with van der Waals surface area (Å²) in [4.78, 5) is 37.8. The van der Waals surface area contributed by atoms with Crippen LogP contribution in [0.3, 0.4) is 0 Å². The lowest BCUT2D eigenvalue weighted by Gasteiger charge is -2.31. The molecule has 2 heterocycles. The van der Waals surface area contributed by atoms with E-state index in [4.69, 9.17) is 4.74 Å². The molecule has 0 N–H and O–H groups in total. The third kappa shape index (κ3) is 3.90. The topological polar surface area (TPSA) is 86.4 Å². The van der Waals surface area contributed by atoms with E-state index in [2.05, 4.69) is 5.10 Å². The van der Waals surface area contributed by atoms with Gasteiger partial charge in [-0.2, -0.15) is 5.10 Å². The predicted octanol–water partition coefficient (Wildman–Crippen LogP) is 1.01. The molecule has 0 atom stereocenters. The van der Waals surface area contributed by atoms with Crippen molar-refractivity contribution in [3.05, 3.63) is 16.3 Å².